The lowest BCUT2D eigenvalue weighted by molar-refractivity contribution is -0.159. The second-order valence-corrected chi connectivity index (χ2v) is 4.86. The van der Waals surface area contributed by atoms with Gasteiger partial charge in [-0.1, -0.05) is 0 Å². The molecule has 0 spiro atoms. The first kappa shape index (κ1) is 14.3. The summed E-state index contributed by atoms with van der Waals surface area (Å²) in [4.78, 5) is 24.2. The highest BCUT2D eigenvalue weighted by Crippen LogP contribution is 2.09. The third-order valence-electron chi connectivity index (χ3n) is 2.60. The summed E-state index contributed by atoms with van der Waals surface area (Å²) in [6.07, 6.45) is 1.63. The summed E-state index contributed by atoms with van der Waals surface area (Å²) in [7, 11) is 0. The van der Waals surface area contributed by atoms with E-state index < -0.39 is 18.1 Å². The van der Waals surface area contributed by atoms with Crippen molar-refractivity contribution in [3.05, 3.63) is 0 Å². The molecule has 3 N–H and O–H groups in total. The van der Waals surface area contributed by atoms with Crippen LogP contribution in [0.1, 0.15) is 6.42 Å². The van der Waals surface area contributed by atoms with Crippen LogP contribution in [-0.4, -0.2) is 65.7 Å². The maximum atomic E-state index is 11.9. The van der Waals surface area contributed by atoms with E-state index in [1.165, 1.54) is 4.90 Å². The molecule has 0 aromatic carbocycles. The van der Waals surface area contributed by atoms with Gasteiger partial charge in [0.05, 0.1) is 19.2 Å². The van der Waals surface area contributed by atoms with E-state index in [4.69, 9.17) is 15.6 Å². The molecule has 1 aliphatic rings. The number of hydrogen-bond donors (Lipinski definition) is 2. The molecule has 1 fully saturated rings. The number of ether oxygens (including phenoxy) is 1. The van der Waals surface area contributed by atoms with E-state index in [-0.39, 0.29) is 19.1 Å². The number of rotatable bonds is 5. The first-order valence-corrected chi connectivity index (χ1v) is 6.83. The zero-order valence-electron chi connectivity index (χ0n) is 9.80. The highest BCUT2D eigenvalue weighted by molar-refractivity contribution is 7.98. The van der Waals surface area contributed by atoms with Crippen LogP contribution in [0.4, 0.5) is 0 Å². The topological polar surface area (TPSA) is 92.9 Å². The van der Waals surface area contributed by atoms with Crippen molar-refractivity contribution in [3.63, 3.8) is 0 Å². The first-order valence-electron chi connectivity index (χ1n) is 5.44. The van der Waals surface area contributed by atoms with Gasteiger partial charge in [0.1, 0.15) is 0 Å². The molecule has 0 aromatic heterocycles. The fraction of sp³-hybridized carbons (Fsp3) is 0.800. The smallest absolute Gasteiger partial charge is 0.334 e. The second kappa shape index (κ2) is 6.83. The summed E-state index contributed by atoms with van der Waals surface area (Å²) in [5.74, 6) is -0.409. The van der Waals surface area contributed by atoms with E-state index in [0.717, 1.165) is 5.75 Å². The average Bonchev–Trinajstić information content (AvgIpc) is 2.35. The lowest BCUT2D eigenvalue weighted by Crippen LogP contribution is -2.53. The van der Waals surface area contributed by atoms with Crippen LogP contribution in [0.3, 0.4) is 0 Å². The van der Waals surface area contributed by atoms with Crippen LogP contribution in [0.15, 0.2) is 0 Å². The summed E-state index contributed by atoms with van der Waals surface area (Å²) < 4.78 is 5.04. The van der Waals surface area contributed by atoms with Crippen molar-refractivity contribution in [3.8, 4) is 0 Å². The molecule has 1 aliphatic heterocycles. The number of nitrogens with zero attached hydrogens (tertiary/aromatic N) is 1. The predicted octanol–water partition coefficient (Wildman–Crippen LogP) is -0.621. The third-order valence-corrected chi connectivity index (χ3v) is 3.25. The van der Waals surface area contributed by atoms with Gasteiger partial charge in [0.25, 0.3) is 0 Å². The Morgan fingerprint density at radius 2 is 2.35 bits per heavy atom. The van der Waals surface area contributed by atoms with Crippen molar-refractivity contribution in [1.82, 2.24) is 4.90 Å². The van der Waals surface area contributed by atoms with E-state index in [1.54, 1.807) is 11.8 Å². The number of morpholine rings is 1. The lowest BCUT2D eigenvalue weighted by atomic mass is 10.2. The maximum Gasteiger partial charge on any atom is 0.334 e. The second-order valence-electron chi connectivity index (χ2n) is 3.87. The molecular formula is C10H18N2O4S. The van der Waals surface area contributed by atoms with E-state index in [1.807, 2.05) is 6.26 Å². The van der Waals surface area contributed by atoms with Crippen LogP contribution in [0, 0.1) is 0 Å². The van der Waals surface area contributed by atoms with E-state index in [2.05, 4.69) is 0 Å². The van der Waals surface area contributed by atoms with Gasteiger partial charge in [-0.25, -0.2) is 4.79 Å². The van der Waals surface area contributed by atoms with Gasteiger partial charge >= 0.3 is 5.97 Å². The Hall–Kier alpha value is -0.790. The number of amides is 1. The Balaban J connectivity index is 2.48. The highest BCUT2D eigenvalue weighted by atomic mass is 32.2. The fourth-order valence-electron chi connectivity index (χ4n) is 1.60. The SMILES string of the molecule is CSCC[C@H](N)C(=O)N1CCOC(C(=O)O)C1. The molecule has 1 saturated heterocycles. The molecule has 98 valence electrons. The molecule has 1 heterocycles. The molecule has 0 saturated carbocycles. The number of carboxylic acid groups (broad SMARTS) is 1. The number of thioether (sulfide) groups is 1. The Bertz CT molecular complexity index is 287. The van der Waals surface area contributed by atoms with E-state index >= 15 is 0 Å². The van der Waals surface area contributed by atoms with E-state index in [9.17, 15) is 9.59 Å². The van der Waals surface area contributed by atoms with Crippen LogP contribution in [0.5, 0.6) is 0 Å². The third kappa shape index (κ3) is 4.18. The van der Waals surface area contributed by atoms with Crippen molar-refractivity contribution in [2.24, 2.45) is 5.73 Å². The monoisotopic (exact) mass is 262 g/mol. The van der Waals surface area contributed by atoms with Gasteiger partial charge in [0, 0.05) is 6.54 Å². The van der Waals surface area contributed by atoms with Gasteiger partial charge in [0.15, 0.2) is 6.10 Å². The molecule has 7 heteroatoms. The molecule has 1 rings (SSSR count). The quantitative estimate of drug-likeness (QED) is 0.686. The Morgan fingerprint density at radius 1 is 1.65 bits per heavy atom. The summed E-state index contributed by atoms with van der Waals surface area (Å²) in [5.41, 5.74) is 5.76. The highest BCUT2D eigenvalue weighted by Gasteiger charge is 2.30. The molecule has 0 bridgehead atoms. The summed E-state index contributed by atoms with van der Waals surface area (Å²) >= 11 is 1.63. The van der Waals surface area contributed by atoms with Gasteiger partial charge in [-0.3, -0.25) is 4.79 Å². The van der Waals surface area contributed by atoms with Crippen molar-refractivity contribution < 1.29 is 19.4 Å². The van der Waals surface area contributed by atoms with E-state index in [0.29, 0.717) is 13.0 Å². The van der Waals surface area contributed by atoms with Crippen LogP contribution < -0.4 is 5.73 Å². The number of nitrogens with two attached hydrogens (primary N) is 1. The minimum Gasteiger partial charge on any atom is -0.479 e. The van der Waals surface area contributed by atoms with Gasteiger partial charge in [0.2, 0.25) is 5.91 Å². The Morgan fingerprint density at radius 3 is 2.94 bits per heavy atom. The van der Waals surface area contributed by atoms with Crippen LogP contribution in [0.2, 0.25) is 0 Å². The number of carbonyl (C=O) groups is 2. The number of hydrogen-bond acceptors (Lipinski definition) is 5. The maximum absolute atomic E-state index is 11.9. The first-order chi connectivity index (χ1) is 8.06. The molecule has 0 radical (unpaired) electrons. The molecule has 6 nitrogen and oxygen atoms in total. The minimum absolute atomic E-state index is 0.0845. The minimum atomic E-state index is -1.04. The molecule has 1 amide bonds. The van der Waals surface area contributed by atoms with Gasteiger partial charge in [-0.2, -0.15) is 11.8 Å². The molecular weight excluding hydrogens is 244 g/mol. The summed E-state index contributed by atoms with van der Waals surface area (Å²) in [5, 5.41) is 8.82. The molecule has 2 atom stereocenters. The number of aliphatic carboxylic acids is 1. The Kier molecular flexibility index (Phi) is 5.73. The molecule has 0 aliphatic carbocycles. The largest absolute Gasteiger partial charge is 0.479 e. The van der Waals surface area contributed by atoms with Crippen molar-refractivity contribution in [1.29, 1.82) is 0 Å². The molecule has 17 heavy (non-hydrogen) atoms. The van der Waals surface area contributed by atoms with Gasteiger partial charge in [-0.05, 0) is 18.4 Å². The van der Waals surface area contributed by atoms with Crippen LogP contribution in [-0.2, 0) is 14.3 Å². The van der Waals surface area contributed by atoms with Crippen molar-refractivity contribution in [2.45, 2.75) is 18.6 Å². The number of carbonyl (C=O) groups excluding carboxylic acids is 1. The van der Waals surface area contributed by atoms with Crippen LogP contribution in [0.25, 0.3) is 0 Å². The van der Waals surface area contributed by atoms with Gasteiger partial charge in [-0.15, -0.1) is 0 Å². The van der Waals surface area contributed by atoms with Crippen molar-refractivity contribution in [2.75, 3.05) is 31.7 Å². The zero-order valence-corrected chi connectivity index (χ0v) is 10.6. The normalized spacial score (nSPS) is 22.2. The standard InChI is InChI=1S/C10H18N2O4S/c1-17-5-2-7(11)9(13)12-3-4-16-8(6-12)10(14)15/h7-8H,2-6,11H2,1H3,(H,14,15)/t7-,8?/m0/s1. The Labute approximate surface area is 104 Å². The number of carboxylic acids is 1. The van der Waals surface area contributed by atoms with Gasteiger partial charge < -0.3 is 20.5 Å². The average molecular weight is 262 g/mol. The molecule has 0 aromatic rings. The zero-order chi connectivity index (χ0) is 12.8. The predicted molar refractivity (Wildman–Crippen MR) is 64.9 cm³/mol. The van der Waals surface area contributed by atoms with Crippen molar-refractivity contribution >= 4 is 23.6 Å². The van der Waals surface area contributed by atoms with Crippen LogP contribution >= 0.6 is 11.8 Å². The summed E-state index contributed by atoms with van der Waals surface area (Å²) in [6.45, 7) is 0.745. The lowest BCUT2D eigenvalue weighted by Gasteiger charge is -2.32. The fourth-order valence-corrected chi connectivity index (χ4v) is 2.09. The summed E-state index contributed by atoms with van der Waals surface area (Å²) in [6, 6.07) is -0.546. The molecule has 1 unspecified atom stereocenters.